The Labute approximate surface area is 177 Å². The first kappa shape index (κ1) is 21.0. The second-order valence-corrected chi connectivity index (χ2v) is 7.27. The first-order chi connectivity index (χ1) is 14.0. The van der Waals surface area contributed by atoms with Crippen LogP contribution < -0.4 is 14.2 Å². The highest BCUT2D eigenvalue weighted by Crippen LogP contribution is 2.27. The number of thioether (sulfide) groups is 1. The van der Waals surface area contributed by atoms with Crippen LogP contribution in [0.5, 0.6) is 17.2 Å². The van der Waals surface area contributed by atoms with Crippen LogP contribution in [0.1, 0.15) is 21.8 Å². The average Bonchev–Trinajstić information content (AvgIpc) is 3.20. The van der Waals surface area contributed by atoms with Crippen molar-refractivity contribution in [2.75, 3.05) is 20.0 Å². The molecule has 1 heterocycles. The molecule has 2 aromatic carbocycles. The van der Waals surface area contributed by atoms with Crippen molar-refractivity contribution in [3.05, 3.63) is 58.4 Å². The summed E-state index contributed by atoms with van der Waals surface area (Å²) in [6, 6.07) is 10.4. The number of rotatable bonds is 9. The number of methoxy groups -OCH3 is 2. The molecule has 7 nitrogen and oxygen atoms in total. The third-order valence-electron chi connectivity index (χ3n) is 3.97. The van der Waals surface area contributed by atoms with Crippen molar-refractivity contribution in [3.63, 3.8) is 0 Å². The Hall–Kier alpha value is -2.71. The largest absolute Gasteiger partial charge is 0.497 e. The highest BCUT2D eigenvalue weighted by atomic mass is 35.5. The lowest BCUT2D eigenvalue weighted by molar-refractivity contribution is 0.101. The van der Waals surface area contributed by atoms with Crippen LogP contribution in [-0.2, 0) is 6.61 Å². The standard InChI is InChI=1S/C20H19ClN2O5S/c1-12-8-14(4-6-16(12)21)27-10-19-22-23-20(28-19)29-11-17(24)15-9-13(25-2)5-7-18(15)26-3/h4-9H,10-11H2,1-3H3. The van der Waals surface area contributed by atoms with Crippen molar-refractivity contribution in [1.29, 1.82) is 0 Å². The van der Waals surface area contributed by atoms with E-state index in [9.17, 15) is 4.79 Å². The third-order valence-corrected chi connectivity index (χ3v) is 5.22. The van der Waals surface area contributed by atoms with Crippen LogP contribution in [-0.4, -0.2) is 36.0 Å². The van der Waals surface area contributed by atoms with Crippen molar-refractivity contribution in [1.82, 2.24) is 10.2 Å². The van der Waals surface area contributed by atoms with E-state index in [1.807, 2.05) is 13.0 Å². The summed E-state index contributed by atoms with van der Waals surface area (Å²) in [5.41, 5.74) is 1.35. The number of ketones is 1. The molecule has 0 spiro atoms. The predicted octanol–water partition coefficient (Wildman–Crippen LogP) is 4.60. The molecule has 0 saturated carbocycles. The van der Waals surface area contributed by atoms with Crippen LogP contribution in [0, 0.1) is 6.92 Å². The molecule has 1 aromatic heterocycles. The summed E-state index contributed by atoms with van der Waals surface area (Å²) in [6.07, 6.45) is 0. The number of hydrogen-bond acceptors (Lipinski definition) is 8. The number of nitrogens with zero attached hydrogens (tertiary/aromatic N) is 2. The molecule has 0 bridgehead atoms. The topological polar surface area (TPSA) is 83.7 Å². The highest BCUT2D eigenvalue weighted by molar-refractivity contribution is 7.99. The molecule has 0 N–H and O–H groups in total. The summed E-state index contributed by atoms with van der Waals surface area (Å²) >= 11 is 7.14. The normalized spacial score (nSPS) is 10.6. The number of hydrogen-bond donors (Lipinski definition) is 0. The minimum Gasteiger partial charge on any atom is -0.497 e. The van der Waals surface area contributed by atoms with E-state index in [0.29, 0.717) is 33.7 Å². The van der Waals surface area contributed by atoms with Gasteiger partial charge in [0.05, 0.1) is 25.5 Å². The molecule has 0 aliphatic rings. The number of halogens is 1. The molecule has 0 saturated heterocycles. The van der Waals surface area contributed by atoms with Gasteiger partial charge in [-0.3, -0.25) is 4.79 Å². The number of aromatic nitrogens is 2. The molecule has 3 aromatic rings. The molecule has 9 heteroatoms. The zero-order valence-corrected chi connectivity index (χ0v) is 17.7. The van der Waals surface area contributed by atoms with Gasteiger partial charge in [0.25, 0.3) is 11.1 Å². The average molecular weight is 435 g/mol. The maximum atomic E-state index is 12.6. The van der Waals surface area contributed by atoms with Crippen LogP contribution >= 0.6 is 23.4 Å². The fourth-order valence-corrected chi connectivity index (χ4v) is 3.23. The zero-order valence-electron chi connectivity index (χ0n) is 16.1. The van der Waals surface area contributed by atoms with Crippen LogP contribution in [0.4, 0.5) is 0 Å². The molecule has 0 atom stereocenters. The summed E-state index contributed by atoms with van der Waals surface area (Å²) in [4.78, 5) is 12.6. The quantitative estimate of drug-likeness (QED) is 0.357. The predicted molar refractivity (Wildman–Crippen MR) is 109 cm³/mol. The van der Waals surface area contributed by atoms with E-state index in [-0.39, 0.29) is 23.4 Å². The van der Waals surface area contributed by atoms with Crippen LogP contribution in [0.2, 0.25) is 5.02 Å². The van der Waals surface area contributed by atoms with Gasteiger partial charge in [-0.25, -0.2) is 0 Å². The lowest BCUT2D eigenvalue weighted by Gasteiger charge is -2.08. The van der Waals surface area contributed by atoms with Gasteiger partial charge in [0.15, 0.2) is 12.4 Å². The summed E-state index contributed by atoms with van der Waals surface area (Å²) in [7, 11) is 3.05. The summed E-state index contributed by atoms with van der Waals surface area (Å²) < 4.78 is 21.6. The molecular formula is C20H19ClN2O5S. The Bertz CT molecular complexity index is 1010. The van der Waals surface area contributed by atoms with Crippen molar-refractivity contribution in [3.8, 4) is 17.2 Å². The SMILES string of the molecule is COc1ccc(OC)c(C(=O)CSc2nnc(COc3ccc(Cl)c(C)c3)o2)c1. The molecule has 152 valence electrons. The van der Waals surface area contributed by atoms with Gasteiger partial charge in [-0.05, 0) is 48.9 Å². The second-order valence-electron chi connectivity index (χ2n) is 5.94. The second kappa shape index (κ2) is 9.67. The fourth-order valence-electron chi connectivity index (χ4n) is 2.44. The van der Waals surface area contributed by atoms with E-state index < -0.39 is 0 Å². The lowest BCUT2D eigenvalue weighted by Crippen LogP contribution is -2.05. The van der Waals surface area contributed by atoms with Gasteiger partial charge in [0.2, 0.25) is 0 Å². The highest BCUT2D eigenvalue weighted by Gasteiger charge is 2.16. The Morgan fingerprint density at radius 3 is 2.62 bits per heavy atom. The fraction of sp³-hybridized carbons (Fsp3) is 0.250. The van der Waals surface area contributed by atoms with E-state index in [1.165, 1.54) is 14.2 Å². The Morgan fingerprint density at radius 2 is 1.90 bits per heavy atom. The first-order valence-electron chi connectivity index (χ1n) is 8.59. The van der Waals surface area contributed by atoms with Gasteiger partial charge < -0.3 is 18.6 Å². The van der Waals surface area contributed by atoms with Crippen molar-refractivity contribution in [2.24, 2.45) is 0 Å². The van der Waals surface area contributed by atoms with Gasteiger partial charge in [-0.1, -0.05) is 23.4 Å². The maximum absolute atomic E-state index is 12.6. The molecule has 3 rings (SSSR count). The van der Waals surface area contributed by atoms with E-state index in [2.05, 4.69) is 10.2 Å². The number of aryl methyl sites for hydroxylation is 1. The molecule has 29 heavy (non-hydrogen) atoms. The van der Waals surface area contributed by atoms with Crippen molar-refractivity contribution < 1.29 is 23.4 Å². The van der Waals surface area contributed by atoms with Crippen LogP contribution in [0.3, 0.4) is 0 Å². The maximum Gasteiger partial charge on any atom is 0.277 e. The van der Waals surface area contributed by atoms with E-state index in [4.69, 9.17) is 30.2 Å². The minimum absolute atomic E-state index is 0.113. The van der Waals surface area contributed by atoms with Gasteiger partial charge >= 0.3 is 0 Å². The van der Waals surface area contributed by atoms with Crippen LogP contribution in [0.25, 0.3) is 0 Å². The third kappa shape index (κ3) is 5.42. The number of carbonyl (C=O) groups excluding carboxylic acids is 1. The molecule has 0 radical (unpaired) electrons. The minimum atomic E-state index is -0.140. The first-order valence-corrected chi connectivity index (χ1v) is 9.96. The van der Waals surface area contributed by atoms with Gasteiger partial charge in [-0.2, -0.15) is 0 Å². The molecule has 0 amide bonds. The lowest BCUT2D eigenvalue weighted by atomic mass is 10.1. The monoisotopic (exact) mass is 434 g/mol. The summed E-state index contributed by atoms with van der Waals surface area (Å²) in [5, 5.41) is 8.83. The smallest absolute Gasteiger partial charge is 0.277 e. The van der Waals surface area contributed by atoms with Gasteiger partial charge in [-0.15, -0.1) is 10.2 Å². The van der Waals surface area contributed by atoms with Crippen molar-refractivity contribution in [2.45, 2.75) is 18.8 Å². The summed E-state index contributed by atoms with van der Waals surface area (Å²) in [5.74, 6) is 2.00. The molecule has 0 aliphatic heterocycles. The molecule has 0 fully saturated rings. The van der Waals surface area contributed by atoms with Crippen LogP contribution in [0.15, 0.2) is 46.0 Å². The summed E-state index contributed by atoms with van der Waals surface area (Å²) in [6.45, 7) is 2.01. The van der Waals surface area contributed by atoms with E-state index >= 15 is 0 Å². The van der Waals surface area contributed by atoms with Crippen molar-refractivity contribution >= 4 is 29.1 Å². The van der Waals surface area contributed by atoms with Gasteiger partial charge in [0.1, 0.15) is 17.2 Å². The molecular weight excluding hydrogens is 416 g/mol. The zero-order chi connectivity index (χ0) is 20.8. The van der Waals surface area contributed by atoms with E-state index in [1.54, 1.807) is 30.3 Å². The Kier molecular flexibility index (Phi) is 7.00. The van der Waals surface area contributed by atoms with E-state index in [0.717, 1.165) is 17.3 Å². The number of benzene rings is 2. The number of ether oxygens (including phenoxy) is 3. The Morgan fingerprint density at radius 1 is 1.10 bits per heavy atom. The molecule has 0 unspecified atom stereocenters. The van der Waals surface area contributed by atoms with Gasteiger partial charge in [0, 0.05) is 5.02 Å². The number of Topliss-reactive ketones (excluding diaryl/α,β-unsaturated/α-hetero) is 1. The number of carbonyl (C=O) groups is 1. The Balaban J connectivity index is 1.57. The molecule has 0 aliphatic carbocycles.